The molecule has 3 N–H and O–H groups in total. The highest BCUT2D eigenvalue weighted by Crippen LogP contribution is 2.20. The Kier molecular flexibility index (Phi) is 6.21. The summed E-state index contributed by atoms with van der Waals surface area (Å²) in [6, 6.07) is 6.10. The standard InChI is InChI=1S/C17H27N3O4S/c1-13(2)17(3,12-18)19-16(21)14-5-4-6-15(11-14)25(22,23)20-7-9-24-10-8-20/h4-6,11,13H,7-10,12,18H2,1-3H3,(H,19,21). The molecule has 0 saturated carbocycles. The van der Waals surface area contributed by atoms with E-state index < -0.39 is 15.6 Å². The average molecular weight is 369 g/mol. The molecule has 1 fully saturated rings. The van der Waals surface area contributed by atoms with E-state index in [0.29, 0.717) is 38.4 Å². The molecule has 1 aliphatic heterocycles. The summed E-state index contributed by atoms with van der Waals surface area (Å²) in [5, 5.41) is 2.92. The number of nitrogens with two attached hydrogens (primary N) is 1. The lowest BCUT2D eigenvalue weighted by atomic mass is 9.88. The summed E-state index contributed by atoms with van der Waals surface area (Å²) in [6.07, 6.45) is 0. The van der Waals surface area contributed by atoms with Crippen LogP contribution in [0.2, 0.25) is 0 Å². The van der Waals surface area contributed by atoms with E-state index in [1.807, 2.05) is 20.8 Å². The van der Waals surface area contributed by atoms with Crippen molar-refractivity contribution in [2.24, 2.45) is 11.7 Å². The van der Waals surface area contributed by atoms with Gasteiger partial charge in [0.15, 0.2) is 0 Å². The summed E-state index contributed by atoms with van der Waals surface area (Å²) in [5.74, 6) is -0.192. The summed E-state index contributed by atoms with van der Waals surface area (Å²) in [6.45, 7) is 7.52. The zero-order valence-corrected chi connectivity index (χ0v) is 15.8. The van der Waals surface area contributed by atoms with Crippen LogP contribution in [0.15, 0.2) is 29.2 Å². The largest absolute Gasteiger partial charge is 0.379 e. The molecule has 0 spiro atoms. The minimum absolute atomic E-state index is 0.112. The number of morpholine rings is 1. The first-order valence-corrected chi connectivity index (χ1v) is 9.85. The zero-order valence-electron chi connectivity index (χ0n) is 15.0. The number of hydrogen-bond donors (Lipinski definition) is 2. The number of rotatable bonds is 6. The number of hydrogen-bond acceptors (Lipinski definition) is 5. The second-order valence-electron chi connectivity index (χ2n) is 6.77. The van der Waals surface area contributed by atoms with E-state index in [9.17, 15) is 13.2 Å². The first-order chi connectivity index (χ1) is 11.7. The van der Waals surface area contributed by atoms with Crippen molar-refractivity contribution in [3.8, 4) is 0 Å². The number of nitrogens with zero attached hydrogens (tertiary/aromatic N) is 1. The van der Waals surface area contributed by atoms with Crippen molar-refractivity contribution in [2.45, 2.75) is 31.2 Å². The van der Waals surface area contributed by atoms with E-state index in [-0.39, 0.29) is 16.7 Å². The van der Waals surface area contributed by atoms with Gasteiger partial charge in [-0.2, -0.15) is 4.31 Å². The number of carbonyl (C=O) groups excluding carboxylic acids is 1. The molecule has 1 amide bonds. The summed E-state index contributed by atoms with van der Waals surface area (Å²) in [4.78, 5) is 12.7. The molecule has 7 nitrogen and oxygen atoms in total. The van der Waals surface area contributed by atoms with E-state index in [1.54, 1.807) is 12.1 Å². The van der Waals surface area contributed by atoms with Crippen LogP contribution in [0.25, 0.3) is 0 Å². The average Bonchev–Trinajstić information content (AvgIpc) is 2.62. The summed E-state index contributed by atoms with van der Waals surface area (Å²) < 4.78 is 32.0. The third-order valence-electron chi connectivity index (χ3n) is 4.80. The van der Waals surface area contributed by atoms with Gasteiger partial charge >= 0.3 is 0 Å². The lowest BCUT2D eigenvalue weighted by molar-refractivity contribution is 0.0730. The van der Waals surface area contributed by atoms with E-state index >= 15 is 0 Å². The minimum atomic E-state index is -3.64. The molecule has 1 heterocycles. The maximum Gasteiger partial charge on any atom is 0.251 e. The van der Waals surface area contributed by atoms with Gasteiger partial charge in [0.2, 0.25) is 10.0 Å². The van der Waals surface area contributed by atoms with Crippen LogP contribution in [0.4, 0.5) is 0 Å². The van der Waals surface area contributed by atoms with E-state index in [0.717, 1.165) is 0 Å². The Morgan fingerprint density at radius 3 is 2.56 bits per heavy atom. The van der Waals surface area contributed by atoms with Crippen molar-refractivity contribution in [1.29, 1.82) is 0 Å². The molecule has 1 atom stereocenters. The van der Waals surface area contributed by atoms with E-state index in [4.69, 9.17) is 10.5 Å². The van der Waals surface area contributed by atoms with E-state index in [2.05, 4.69) is 5.32 Å². The Morgan fingerprint density at radius 1 is 1.36 bits per heavy atom. The van der Waals surface area contributed by atoms with Crippen LogP contribution < -0.4 is 11.1 Å². The van der Waals surface area contributed by atoms with Crippen molar-refractivity contribution in [2.75, 3.05) is 32.8 Å². The van der Waals surface area contributed by atoms with Gasteiger partial charge in [-0.1, -0.05) is 19.9 Å². The molecule has 140 valence electrons. The quantitative estimate of drug-likeness (QED) is 0.773. The summed E-state index contributed by atoms with van der Waals surface area (Å²) in [5.41, 5.74) is 5.54. The molecule has 1 aliphatic rings. The van der Waals surface area contributed by atoms with Gasteiger partial charge < -0.3 is 15.8 Å². The van der Waals surface area contributed by atoms with Crippen molar-refractivity contribution >= 4 is 15.9 Å². The topological polar surface area (TPSA) is 102 Å². The molecular weight excluding hydrogens is 342 g/mol. The fourth-order valence-corrected chi connectivity index (χ4v) is 3.95. The monoisotopic (exact) mass is 369 g/mol. The number of carbonyl (C=O) groups is 1. The smallest absolute Gasteiger partial charge is 0.251 e. The molecular formula is C17H27N3O4S. The van der Waals surface area contributed by atoms with Crippen LogP contribution in [0.3, 0.4) is 0 Å². The number of amides is 1. The van der Waals surface area contributed by atoms with Crippen LogP contribution >= 0.6 is 0 Å². The second kappa shape index (κ2) is 7.82. The second-order valence-corrected chi connectivity index (χ2v) is 8.71. The molecule has 2 rings (SSSR count). The zero-order chi connectivity index (χ0) is 18.7. The maximum atomic E-state index is 12.7. The van der Waals surface area contributed by atoms with Crippen LogP contribution in [-0.4, -0.2) is 57.0 Å². The van der Waals surface area contributed by atoms with Gasteiger partial charge in [0.1, 0.15) is 0 Å². The lowest BCUT2D eigenvalue weighted by Crippen LogP contribution is -2.55. The van der Waals surface area contributed by atoms with Gasteiger partial charge in [0, 0.05) is 25.2 Å². The molecule has 1 unspecified atom stereocenters. The Bertz CT molecular complexity index is 714. The Labute approximate surface area is 149 Å². The number of ether oxygens (including phenoxy) is 1. The van der Waals surface area contributed by atoms with Crippen LogP contribution in [0, 0.1) is 5.92 Å². The lowest BCUT2D eigenvalue weighted by Gasteiger charge is -2.33. The summed E-state index contributed by atoms with van der Waals surface area (Å²) in [7, 11) is -3.64. The molecule has 1 aromatic rings. The van der Waals surface area contributed by atoms with Crippen LogP contribution in [0.1, 0.15) is 31.1 Å². The molecule has 25 heavy (non-hydrogen) atoms. The van der Waals surface area contributed by atoms with Gasteiger partial charge in [0.25, 0.3) is 5.91 Å². The normalized spacial score (nSPS) is 18.8. The SMILES string of the molecule is CC(C)C(C)(CN)NC(=O)c1cccc(S(=O)(=O)N2CCOCC2)c1. The Hall–Kier alpha value is -1.48. The molecule has 0 radical (unpaired) electrons. The first kappa shape index (κ1) is 19.8. The van der Waals surface area contributed by atoms with Gasteiger partial charge in [-0.05, 0) is 31.0 Å². The molecule has 0 aliphatic carbocycles. The van der Waals surface area contributed by atoms with Gasteiger partial charge in [-0.15, -0.1) is 0 Å². The predicted octanol–water partition coefficient (Wildman–Crippen LogP) is 0.811. The Balaban J connectivity index is 2.25. The summed E-state index contributed by atoms with van der Waals surface area (Å²) >= 11 is 0. The fraction of sp³-hybridized carbons (Fsp3) is 0.588. The number of sulfonamides is 1. The third-order valence-corrected chi connectivity index (χ3v) is 6.70. The van der Waals surface area contributed by atoms with Crippen molar-refractivity contribution < 1.29 is 17.9 Å². The van der Waals surface area contributed by atoms with Crippen molar-refractivity contribution in [1.82, 2.24) is 9.62 Å². The minimum Gasteiger partial charge on any atom is -0.379 e. The number of nitrogens with one attached hydrogen (secondary N) is 1. The van der Waals surface area contributed by atoms with E-state index in [1.165, 1.54) is 16.4 Å². The van der Waals surface area contributed by atoms with Gasteiger partial charge in [-0.25, -0.2) is 8.42 Å². The number of benzene rings is 1. The molecule has 1 aromatic carbocycles. The van der Waals surface area contributed by atoms with Crippen molar-refractivity contribution in [3.63, 3.8) is 0 Å². The third kappa shape index (κ3) is 4.38. The maximum absolute atomic E-state index is 12.7. The fourth-order valence-electron chi connectivity index (χ4n) is 2.50. The highest BCUT2D eigenvalue weighted by atomic mass is 32.2. The molecule has 0 aromatic heterocycles. The molecule has 8 heteroatoms. The molecule has 0 bridgehead atoms. The first-order valence-electron chi connectivity index (χ1n) is 8.41. The van der Waals surface area contributed by atoms with Crippen molar-refractivity contribution in [3.05, 3.63) is 29.8 Å². The molecule has 1 saturated heterocycles. The highest BCUT2D eigenvalue weighted by Gasteiger charge is 2.30. The van der Waals surface area contributed by atoms with Gasteiger partial charge in [-0.3, -0.25) is 4.79 Å². The predicted molar refractivity (Wildman–Crippen MR) is 95.8 cm³/mol. The highest BCUT2D eigenvalue weighted by molar-refractivity contribution is 7.89. The van der Waals surface area contributed by atoms with Crippen LogP contribution in [-0.2, 0) is 14.8 Å². The van der Waals surface area contributed by atoms with Crippen LogP contribution in [0.5, 0.6) is 0 Å². The van der Waals surface area contributed by atoms with Gasteiger partial charge in [0.05, 0.1) is 23.6 Å². The Morgan fingerprint density at radius 2 is 2.00 bits per heavy atom.